The fraction of sp³-hybridized carbons (Fsp3) is 0.571. The summed E-state index contributed by atoms with van der Waals surface area (Å²) >= 11 is 0. The number of rotatable bonds is 4. The predicted octanol–water partition coefficient (Wildman–Crippen LogP) is 2.77. The second kappa shape index (κ2) is 5.35. The molecule has 1 N–H and O–H groups in total. The maximum Gasteiger partial charge on any atom is 0.119 e. The zero-order chi connectivity index (χ0) is 11.4. The van der Waals surface area contributed by atoms with Crippen molar-refractivity contribution < 1.29 is 4.74 Å². The highest BCUT2D eigenvalue weighted by atomic mass is 16.5. The first-order valence-electron chi connectivity index (χ1n) is 6.23. The lowest BCUT2D eigenvalue weighted by molar-refractivity contribution is 0.242. The van der Waals surface area contributed by atoms with Crippen molar-refractivity contribution in [1.29, 1.82) is 0 Å². The van der Waals surface area contributed by atoms with Crippen LogP contribution in [0.15, 0.2) is 24.3 Å². The molecule has 0 spiro atoms. The molecule has 1 aromatic carbocycles. The largest absolute Gasteiger partial charge is 0.491 e. The normalized spacial score (nSPS) is 20.3. The summed E-state index contributed by atoms with van der Waals surface area (Å²) in [5.41, 5.74) is 1.37. The number of ether oxygens (including phenoxy) is 1. The lowest BCUT2D eigenvalue weighted by Crippen LogP contribution is -2.23. The number of nitrogens with one attached hydrogen (secondary N) is 1. The molecule has 0 bridgehead atoms. The van der Waals surface area contributed by atoms with Gasteiger partial charge in [0, 0.05) is 6.04 Å². The van der Waals surface area contributed by atoms with Crippen molar-refractivity contribution in [2.75, 3.05) is 6.54 Å². The minimum Gasteiger partial charge on any atom is -0.491 e. The fourth-order valence-electron chi connectivity index (χ4n) is 2.23. The lowest BCUT2D eigenvalue weighted by Gasteiger charge is -2.13. The van der Waals surface area contributed by atoms with Crippen molar-refractivity contribution in [3.63, 3.8) is 0 Å². The van der Waals surface area contributed by atoms with Crippen molar-refractivity contribution in [3.05, 3.63) is 29.8 Å². The van der Waals surface area contributed by atoms with Gasteiger partial charge in [0.25, 0.3) is 0 Å². The summed E-state index contributed by atoms with van der Waals surface area (Å²) in [6.45, 7) is 5.29. The molecular weight excluding hydrogens is 198 g/mol. The number of hydrogen-bond donors (Lipinski definition) is 1. The Labute approximate surface area is 98.0 Å². The van der Waals surface area contributed by atoms with Gasteiger partial charge in [0.2, 0.25) is 0 Å². The van der Waals surface area contributed by atoms with Crippen LogP contribution in [0, 0.1) is 0 Å². The summed E-state index contributed by atoms with van der Waals surface area (Å²) in [5.74, 6) is 0.991. The van der Waals surface area contributed by atoms with E-state index in [9.17, 15) is 0 Å². The van der Waals surface area contributed by atoms with Crippen LogP contribution in [0.3, 0.4) is 0 Å². The molecule has 2 heteroatoms. The minimum absolute atomic E-state index is 0.250. The smallest absolute Gasteiger partial charge is 0.119 e. The molecule has 2 nitrogen and oxygen atoms in total. The van der Waals surface area contributed by atoms with Crippen LogP contribution in [-0.2, 0) is 6.42 Å². The van der Waals surface area contributed by atoms with Crippen LogP contribution >= 0.6 is 0 Å². The van der Waals surface area contributed by atoms with Gasteiger partial charge >= 0.3 is 0 Å². The number of hydrogen-bond acceptors (Lipinski definition) is 2. The molecule has 1 fully saturated rings. The van der Waals surface area contributed by atoms with E-state index in [1.54, 1.807) is 0 Å². The van der Waals surface area contributed by atoms with E-state index >= 15 is 0 Å². The maximum atomic E-state index is 5.70. The van der Waals surface area contributed by atoms with E-state index in [4.69, 9.17) is 4.74 Å². The van der Waals surface area contributed by atoms with Gasteiger partial charge in [0.15, 0.2) is 0 Å². The Hall–Kier alpha value is -1.02. The summed E-state index contributed by atoms with van der Waals surface area (Å²) in [7, 11) is 0. The van der Waals surface area contributed by atoms with E-state index in [0.717, 1.165) is 12.2 Å². The first-order valence-corrected chi connectivity index (χ1v) is 6.23. The molecule has 0 saturated carbocycles. The van der Waals surface area contributed by atoms with Crippen molar-refractivity contribution in [2.24, 2.45) is 0 Å². The first-order chi connectivity index (χ1) is 7.74. The van der Waals surface area contributed by atoms with Crippen molar-refractivity contribution in [3.8, 4) is 5.75 Å². The molecule has 88 valence electrons. The van der Waals surface area contributed by atoms with E-state index < -0.39 is 0 Å². The molecule has 2 rings (SSSR count). The molecule has 0 aromatic heterocycles. The topological polar surface area (TPSA) is 21.3 Å². The summed E-state index contributed by atoms with van der Waals surface area (Å²) in [4.78, 5) is 0. The zero-order valence-electron chi connectivity index (χ0n) is 10.2. The average Bonchev–Trinajstić information content (AvgIpc) is 2.70. The fourth-order valence-corrected chi connectivity index (χ4v) is 2.23. The Morgan fingerprint density at radius 1 is 1.44 bits per heavy atom. The van der Waals surface area contributed by atoms with Gasteiger partial charge in [-0.2, -0.15) is 0 Å². The third kappa shape index (κ3) is 3.24. The van der Waals surface area contributed by atoms with Crippen LogP contribution in [0.1, 0.15) is 32.3 Å². The van der Waals surface area contributed by atoms with Gasteiger partial charge in [-0.1, -0.05) is 12.1 Å². The molecule has 1 heterocycles. The highest BCUT2D eigenvalue weighted by Crippen LogP contribution is 2.18. The zero-order valence-corrected chi connectivity index (χ0v) is 10.2. The molecule has 0 amide bonds. The van der Waals surface area contributed by atoms with Crippen LogP contribution in [0.25, 0.3) is 0 Å². The molecule has 1 aliphatic heterocycles. The van der Waals surface area contributed by atoms with E-state index in [0.29, 0.717) is 6.04 Å². The van der Waals surface area contributed by atoms with Gasteiger partial charge in [-0.15, -0.1) is 0 Å². The number of benzene rings is 1. The highest BCUT2D eigenvalue weighted by molar-refractivity contribution is 5.29. The predicted molar refractivity (Wildman–Crippen MR) is 66.9 cm³/mol. The molecule has 1 unspecified atom stereocenters. The van der Waals surface area contributed by atoms with Crippen molar-refractivity contribution in [2.45, 2.75) is 45.3 Å². The second-order valence-electron chi connectivity index (χ2n) is 4.81. The lowest BCUT2D eigenvalue weighted by atomic mass is 10.0. The van der Waals surface area contributed by atoms with Gasteiger partial charge < -0.3 is 10.1 Å². The van der Waals surface area contributed by atoms with Gasteiger partial charge in [0.1, 0.15) is 5.75 Å². The van der Waals surface area contributed by atoms with Crippen LogP contribution in [0.5, 0.6) is 5.75 Å². The van der Waals surface area contributed by atoms with E-state index in [2.05, 4.69) is 37.4 Å². The third-order valence-electron chi connectivity index (χ3n) is 2.91. The van der Waals surface area contributed by atoms with Gasteiger partial charge in [-0.05, 0) is 57.4 Å². The molecule has 1 aliphatic rings. The Morgan fingerprint density at radius 2 is 2.31 bits per heavy atom. The van der Waals surface area contributed by atoms with Gasteiger partial charge in [0.05, 0.1) is 6.10 Å². The van der Waals surface area contributed by atoms with Crippen LogP contribution in [-0.4, -0.2) is 18.7 Å². The van der Waals surface area contributed by atoms with Crippen LogP contribution in [0.4, 0.5) is 0 Å². The monoisotopic (exact) mass is 219 g/mol. The maximum absolute atomic E-state index is 5.70. The third-order valence-corrected chi connectivity index (χ3v) is 2.91. The van der Waals surface area contributed by atoms with Crippen LogP contribution < -0.4 is 10.1 Å². The Balaban J connectivity index is 1.97. The Kier molecular flexibility index (Phi) is 3.83. The summed E-state index contributed by atoms with van der Waals surface area (Å²) in [5, 5.41) is 3.52. The van der Waals surface area contributed by atoms with Gasteiger partial charge in [-0.25, -0.2) is 0 Å². The minimum atomic E-state index is 0.250. The molecular formula is C14H21NO. The summed E-state index contributed by atoms with van der Waals surface area (Å²) in [6, 6.07) is 9.13. The summed E-state index contributed by atoms with van der Waals surface area (Å²) < 4.78 is 5.70. The molecule has 1 atom stereocenters. The second-order valence-corrected chi connectivity index (χ2v) is 4.81. The van der Waals surface area contributed by atoms with Gasteiger partial charge in [-0.3, -0.25) is 0 Å². The van der Waals surface area contributed by atoms with Crippen LogP contribution in [0.2, 0.25) is 0 Å². The first kappa shape index (κ1) is 11.5. The highest BCUT2D eigenvalue weighted by Gasteiger charge is 2.14. The van der Waals surface area contributed by atoms with E-state index in [1.165, 1.54) is 24.9 Å². The Morgan fingerprint density at radius 3 is 3.00 bits per heavy atom. The molecule has 1 saturated heterocycles. The SMILES string of the molecule is CC(C)Oc1cccc(CC2CCCN2)c1. The van der Waals surface area contributed by atoms with Crippen molar-refractivity contribution in [1.82, 2.24) is 5.32 Å². The quantitative estimate of drug-likeness (QED) is 0.840. The molecule has 1 aromatic rings. The summed E-state index contributed by atoms with van der Waals surface area (Å²) in [6.07, 6.45) is 3.98. The Bertz CT molecular complexity index is 329. The molecule has 0 aliphatic carbocycles. The van der Waals surface area contributed by atoms with Crippen molar-refractivity contribution >= 4 is 0 Å². The molecule has 16 heavy (non-hydrogen) atoms. The molecule has 0 radical (unpaired) electrons. The average molecular weight is 219 g/mol. The standard InChI is InChI=1S/C14H21NO/c1-11(2)16-14-7-3-5-12(10-14)9-13-6-4-8-15-13/h3,5,7,10-11,13,15H,4,6,8-9H2,1-2H3. The van der Waals surface area contributed by atoms with E-state index in [1.807, 2.05) is 6.07 Å². The van der Waals surface area contributed by atoms with E-state index in [-0.39, 0.29) is 6.10 Å².